The summed E-state index contributed by atoms with van der Waals surface area (Å²) in [6, 6.07) is 9.06. The van der Waals surface area contributed by atoms with Crippen molar-refractivity contribution in [2.24, 2.45) is 5.41 Å². The van der Waals surface area contributed by atoms with Gasteiger partial charge in [-0.3, -0.25) is 14.4 Å². The van der Waals surface area contributed by atoms with Crippen molar-refractivity contribution < 1.29 is 18.8 Å². The van der Waals surface area contributed by atoms with Crippen molar-refractivity contribution in [3.8, 4) is 0 Å². The molecule has 7 nitrogen and oxygen atoms in total. The molecule has 1 saturated heterocycles. The van der Waals surface area contributed by atoms with Crippen molar-refractivity contribution in [3.05, 3.63) is 53.5 Å². The summed E-state index contributed by atoms with van der Waals surface area (Å²) in [6.07, 6.45) is 2.60. The summed E-state index contributed by atoms with van der Waals surface area (Å²) in [5, 5.41) is 2.91. The summed E-state index contributed by atoms with van der Waals surface area (Å²) in [5.41, 5.74) is 2.00. The molecule has 152 valence electrons. The fourth-order valence-electron chi connectivity index (χ4n) is 3.70. The molecule has 1 saturated carbocycles. The van der Waals surface area contributed by atoms with Gasteiger partial charge in [-0.25, -0.2) is 0 Å². The number of carbonyl (C=O) groups is 3. The van der Waals surface area contributed by atoms with Gasteiger partial charge in [-0.2, -0.15) is 0 Å². The van der Waals surface area contributed by atoms with Crippen LogP contribution in [0.15, 0.2) is 41.0 Å². The van der Waals surface area contributed by atoms with Gasteiger partial charge in [0.15, 0.2) is 5.76 Å². The Bertz CT molecular complexity index is 939. The quantitative estimate of drug-likeness (QED) is 0.807. The first-order chi connectivity index (χ1) is 13.9. The smallest absolute Gasteiger partial charge is 0.289 e. The van der Waals surface area contributed by atoms with Crippen LogP contribution in [0.3, 0.4) is 0 Å². The van der Waals surface area contributed by atoms with Gasteiger partial charge in [0.2, 0.25) is 11.8 Å². The molecule has 1 N–H and O–H groups in total. The van der Waals surface area contributed by atoms with E-state index in [2.05, 4.69) is 5.32 Å². The van der Waals surface area contributed by atoms with E-state index in [1.165, 1.54) is 6.26 Å². The van der Waals surface area contributed by atoms with Crippen molar-refractivity contribution in [1.82, 2.24) is 9.80 Å². The van der Waals surface area contributed by atoms with E-state index in [1.54, 1.807) is 21.9 Å². The fourth-order valence-corrected chi connectivity index (χ4v) is 3.70. The Labute approximate surface area is 169 Å². The van der Waals surface area contributed by atoms with E-state index in [4.69, 9.17) is 4.42 Å². The van der Waals surface area contributed by atoms with Crippen molar-refractivity contribution in [2.45, 2.75) is 26.7 Å². The average Bonchev–Trinajstić information content (AvgIpc) is 3.36. The standard InChI is InChI=1S/C22H25N3O4/c1-15-5-6-17(14-16(15)2)23-20(27)22(7-8-22)21(28)25-11-9-24(10-12-25)19(26)18-4-3-13-29-18/h3-6,13-14H,7-12H2,1-2H3,(H,23,27). The van der Waals surface area contributed by atoms with E-state index in [9.17, 15) is 14.4 Å². The lowest BCUT2D eigenvalue weighted by Crippen LogP contribution is -2.53. The first-order valence-corrected chi connectivity index (χ1v) is 9.91. The van der Waals surface area contributed by atoms with Crippen molar-refractivity contribution >= 4 is 23.4 Å². The molecule has 1 aliphatic heterocycles. The van der Waals surface area contributed by atoms with Crippen LogP contribution in [-0.2, 0) is 9.59 Å². The number of piperazine rings is 1. The third kappa shape index (κ3) is 3.64. The lowest BCUT2D eigenvalue weighted by atomic mass is 10.0. The molecule has 2 fully saturated rings. The lowest BCUT2D eigenvalue weighted by molar-refractivity contribution is -0.143. The number of amides is 3. The number of nitrogens with one attached hydrogen (secondary N) is 1. The number of aryl methyl sites for hydroxylation is 2. The molecular formula is C22H25N3O4. The first-order valence-electron chi connectivity index (χ1n) is 9.91. The Morgan fingerprint density at radius 1 is 0.966 bits per heavy atom. The SMILES string of the molecule is Cc1ccc(NC(=O)C2(C(=O)N3CCN(C(=O)c4ccco4)CC3)CC2)cc1C. The molecule has 1 aromatic heterocycles. The molecule has 2 aliphatic rings. The molecule has 0 atom stereocenters. The predicted octanol–water partition coefficient (Wildman–Crippen LogP) is 2.60. The monoisotopic (exact) mass is 395 g/mol. The van der Waals surface area contributed by atoms with E-state index in [0.717, 1.165) is 11.1 Å². The van der Waals surface area contributed by atoms with Gasteiger partial charge in [-0.15, -0.1) is 0 Å². The van der Waals surface area contributed by atoms with Crippen LogP contribution in [0.2, 0.25) is 0 Å². The zero-order valence-electron chi connectivity index (χ0n) is 16.7. The maximum Gasteiger partial charge on any atom is 0.289 e. The van der Waals surface area contributed by atoms with Gasteiger partial charge in [0.1, 0.15) is 5.41 Å². The Balaban J connectivity index is 1.37. The Kier molecular flexibility index (Phi) is 4.90. The van der Waals surface area contributed by atoms with Crippen molar-refractivity contribution in [1.29, 1.82) is 0 Å². The number of nitrogens with zero attached hydrogens (tertiary/aromatic N) is 2. The lowest BCUT2D eigenvalue weighted by Gasteiger charge is -2.36. The number of anilines is 1. The van der Waals surface area contributed by atoms with E-state index in [0.29, 0.717) is 50.5 Å². The topological polar surface area (TPSA) is 82.9 Å². The average molecular weight is 395 g/mol. The van der Waals surface area contributed by atoms with Gasteiger partial charge in [0.25, 0.3) is 5.91 Å². The molecule has 29 heavy (non-hydrogen) atoms. The second-order valence-corrected chi connectivity index (χ2v) is 7.90. The van der Waals surface area contributed by atoms with Gasteiger partial charge >= 0.3 is 0 Å². The van der Waals surface area contributed by atoms with Crippen LogP contribution in [0.5, 0.6) is 0 Å². The largest absolute Gasteiger partial charge is 0.459 e. The molecule has 0 unspecified atom stereocenters. The van der Waals surface area contributed by atoms with Gasteiger partial charge in [0, 0.05) is 31.9 Å². The van der Waals surface area contributed by atoms with Crippen LogP contribution in [0.4, 0.5) is 5.69 Å². The van der Waals surface area contributed by atoms with Crippen molar-refractivity contribution in [3.63, 3.8) is 0 Å². The maximum atomic E-state index is 13.1. The highest BCUT2D eigenvalue weighted by Gasteiger charge is 2.58. The number of hydrogen-bond donors (Lipinski definition) is 1. The van der Waals surface area contributed by atoms with Crippen LogP contribution in [0, 0.1) is 19.3 Å². The van der Waals surface area contributed by atoms with Crippen LogP contribution in [0.25, 0.3) is 0 Å². The van der Waals surface area contributed by atoms with E-state index < -0.39 is 5.41 Å². The molecule has 7 heteroatoms. The molecule has 0 bridgehead atoms. The number of furan rings is 1. The normalized spacial score (nSPS) is 17.7. The molecule has 2 heterocycles. The highest BCUT2D eigenvalue weighted by Crippen LogP contribution is 2.48. The van der Waals surface area contributed by atoms with Crippen LogP contribution >= 0.6 is 0 Å². The molecule has 0 spiro atoms. The molecule has 2 aromatic rings. The predicted molar refractivity (Wildman–Crippen MR) is 107 cm³/mol. The molecule has 1 aromatic carbocycles. The molecule has 0 radical (unpaired) electrons. The zero-order chi connectivity index (χ0) is 20.6. The third-order valence-corrected chi connectivity index (χ3v) is 5.94. The van der Waals surface area contributed by atoms with Gasteiger partial charge in [-0.05, 0) is 62.1 Å². The summed E-state index contributed by atoms with van der Waals surface area (Å²) in [4.78, 5) is 41.7. The Morgan fingerprint density at radius 3 is 2.24 bits per heavy atom. The van der Waals surface area contributed by atoms with Crippen LogP contribution in [0.1, 0.15) is 34.5 Å². The first kappa shape index (κ1) is 19.2. The van der Waals surface area contributed by atoms with Gasteiger partial charge in [-0.1, -0.05) is 6.07 Å². The van der Waals surface area contributed by atoms with Gasteiger partial charge < -0.3 is 19.5 Å². The Hall–Kier alpha value is -3.09. The molecular weight excluding hydrogens is 370 g/mol. The molecule has 4 rings (SSSR count). The van der Waals surface area contributed by atoms with Crippen molar-refractivity contribution in [2.75, 3.05) is 31.5 Å². The number of hydrogen-bond acceptors (Lipinski definition) is 4. The molecule has 1 aliphatic carbocycles. The summed E-state index contributed by atoms with van der Waals surface area (Å²) >= 11 is 0. The second-order valence-electron chi connectivity index (χ2n) is 7.90. The van der Waals surface area contributed by atoms with E-state index in [-0.39, 0.29) is 17.7 Å². The zero-order valence-corrected chi connectivity index (χ0v) is 16.7. The van der Waals surface area contributed by atoms with E-state index >= 15 is 0 Å². The minimum Gasteiger partial charge on any atom is -0.459 e. The summed E-state index contributed by atoms with van der Waals surface area (Å²) in [7, 11) is 0. The second kappa shape index (κ2) is 7.39. The minimum atomic E-state index is -0.966. The van der Waals surface area contributed by atoms with Crippen LogP contribution in [-0.4, -0.2) is 53.7 Å². The summed E-state index contributed by atoms with van der Waals surface area (Å²) in [6.45, 7) is 5.71. The summed E-state index contributed by atoms with van der Waals surface area (Å²) < 4.78 is 5.17. The fraction of sp³-hybridized carbons (Fsp3) is 0.409. The maximum absolute atomic E-state index is 13.1. The summed E-state index contributed by atoms with van der Waals surface area (Å²) in [5.74, 6) is -0.240. The Morgan fingerprint density at radius 2 is 1.66 bits per heavy atom. The third-order valence-electron chi connectivity index (χ3n) is 5.94. The number of benzene rings is 1. The highest BCUT2D eigenvalue weighted by atomic mass is 16.3. The van der Waals surface area contributed by atoms with Gasteiger partial charge in [0.05, 0.1) is 6.26 Å². The minimum absolute atomic E-state index is 0.135. The number of rotatable bonds is 4. The van der Waals surface area contributed by atoms with E-state index in [1.807, 2.05) is 32.0 Å². The highest BCUT2D eigenvalue weighted by molar-refractivity contribution is 6.13. The molecule has 3 amide bonds. The number of carbonyl (C=O) groups excluding carboxylic acids is 3. The van der Waals surface area contributed by atoms with Crippen LogP contribution < -0.4 is 5.32 Å².